The Hall–Kier alpha value is -3.13. The molecule has 4 aromatic heterocycles. The Kier molecular flexibility index (Phi) is 4.12. The van der Waals surface area contributed by atoms with Gasteiger partial charge in [0.05, 0.1) is 21.1 Å². The third-order valence-electron chi connectivity index (χ3n) is 4.83. The van der Waals surface area contributed by atoms with Crippen molar-refractivity contribution in [3.8, 4) is 32.5 Å². The van der Waals surface area contributed by atoms with Crippen LogP contribution in [0.25, 0.3) is 48.4 Å². The highest BCUT2D eigenvalue weighted by Gasteiger charge is 2.18. The topological polar surface area (TPSA) is 56.0 Å². The van der Waals surface area contributed by atoms with Crippen molar-refractivity contribution in [1.29, 1.82) is 0 Å². The van der Waals surface area contributed by atoms with Crippen LogP contribution in [0.4, 0.5) is 0 Å². The standard InChI is InChI=1S/C22H12ClN5S2/c23-16-8-3-1-7-14(16)20-25-26-22-28(20)27-21(30-22)15-12-18(19-10-5-11-29-19)24-17-9-4-2-6-13(15)17/h1-12H. The van der Waals surface area contributed by atoms with E-state index in [0.717, 1.165) is 42.6 Å². The Morgan fingerprint density at radius 3 is 2.60 bits per heavy atom. The zero-order chi connectivity index (χ0) is 20.1. The summed E-state index contributed by atoms with van der Waals surface area (Å²) in [6.45, 7) is 0. The summed E-state index contributed by atoms with van der Waals surface area (Å²) < 4.78 is 1.77. The molecular formula is C22H12ClN5S2. The van der Waals surface area contributed by atoms with E-state index >= 15 is 0 Å². The summed E-state index contributed by atoms with van der Waals surface area (Å²) in [7, 11) is 0. The van der Waals surface area contributed by atoms with Gasteiger partial charge in [0.25, 0.3) is 0 Å². The third kappa shape index (κ3) is 2.82. The van der Waals surface area contributed by atoms with Gasteiger partial charge in [-0.15, -0.1) is 21.5 Å². The van der Waals surface area contributed by atoms with Gasteiger partial charge in [-0.25, -0.2) is 4.98 Å². The summed E-state index contributed by atoms with van der Waals surface area (Å²) in [6.07, 6.45) is 0. The van der Waals surface area contributed by atoms with E-state index in [1.807, 2.05) is 48.5 Å². The second-order valence-corrected chi connectivity index (χ2v) is 8.97. The lowest BCUT2D eigenvalue weighted by Gasteiger charge is -2.06. The van der Waals surface area contributed by atoms with Gasteiger partial charge in [0, 0.05) is 16.5 Å². The number of nitrogens with zero attached hydrogens (tertiary/aromatic N) is 5. The molecule has 0 atom stereocenters. The van der Waals surface area contributed by atoms with Crippen molar-refractivity contribution in [2.24, 2.45) is 0 Å². The van der Waals surface area contributed by atoms with Crippen LogP contribution in [0.15, 0.2) is 72.1 Å². The summed E-state index contributed by atoms with van der Waals surface area (Å²) in [6, 6.07) is 22.0. The van der Waals surface area contributed by atoms with E-state index < -0.39 is 0 Å². The molecule has 0 amide bonds. The molecule has 0 fully saturated rings. The molecule has 0 spiro atoms. The molecule has 0 bridgehead atoms. The van der Waals surface area contributed by atoms with E-state index in [0.29, 0.717) is 10.8 Å². The summed E-state index contributed by atoms with van der Waals surface area (Å²) >= 11 is 9.56. The first-order chi connectivity index (χ1) is 14.8. The smallest absolute Gasteiger partial charge is 0.235 e. The van der Waals surface area contributed by atoms with E-state index in [-0.39, 0.29) is 0 Å². The van der Waals surface area contributed by atoms with E-state index in [4.69, 9.17) is 21.7 Å². The van der Waals surface area contributed by atoms with Crippen molar-refractivity contribution >= 4 is 50.1 Å². The van der Waals surface area contributed by atoms with Gasteiger partial charge in [0.1, 0.15) is 5.01 Å². The van der Waals surface area contributed by atoms with Crippen molar-refractivity contribution < 1.29 is 0 Å². The van der Waals surface area contributed by atoms with Gasteiger partial charge in [0.15, 0.2) is 5.82 Å². The monoisotopic (exact) mass is 445 g/mol. The van der Waals surface area contributed by atoms with Crippen LogP contribution >= 0.6 is 34.3 Å². The number of halogens is 1. The Morgan fingerprint density at radius 2 is 1.73 bits per heavy atom. The normalized spacial score (nSPS) is 11.5. The number of thiophene rings is 1. The molecule has 144 valence electrons. The van der Waals surface area contributed by atoms with E-state index in [1.165, 1.54) is 11.3 Å². The Bertz CT molecular complexity index is 1520. The largest absolute Gasteiger partial charge is 0.247 e. The zero-order valence-corrected chi connectivity index (χ0v) is 17.7. The number of rotatable bonds is 3. The molecule has 0 N–H and O–H groups in total. The number of hydrogen-bond acceptors (Lipinski definition) is 6. The second-order valence-electron chi connectivity index (χ2n) is 6.65. The van der Waals surface area contributed by atoms with Crippen LogP contribution in [0.2, 0.25) is 5.02 Å². The number of fused-ring (bicyclic) bond motifs is 2. The zero-order valence-electron chi connectivity index (χ0n) is 15.4. The first kappa shape index (κ1) is 17.7. The summed E-state index contributed by atoms with van der Waals surface area (Å²) in [5.41, 5.74) is 3.72. The minimum absolute atomic E-state index is 0.621. The fourth-order valence-corrected chi connectivity index (χ4v) is 5.22. The number of hydrogen-bond donors (Lipinski definition) is 0. The van der Waals surface area contributed by atoms with Crippen molar-refractivity contribution in [3.63, 3.8) is 0 Å². The number of benzene rings is 2. The predicted octanol–water partition coefficient (Wildman–Crippen LogP) is 6.45. The molecule has 0 aliphatic rings. The number of para-hydroxylation sites is 1. The van der Waals surface area contributed by atoms with Crippen molar-refractivity contribution in [2.45, 2.75) is 0 Å². The van der Waals surface area contributed by atoms with Gasteiger partial charge < -0.3 is 0 Å². The summed E-state index contributed by atoms with van der Waals surface area (Å²) in [5, 5.41) is 18.1. The fraction of sp³-hybridized carbons (Fsp3) is 0. The van der Waals surface area contributed by atoms with Gasteiger partial charge in [-0.05, 0) is 35.7 Å². The van der Waals surface area contributed by atoms with Gasteiger partial charge in [-0.3, -0.25) is 0 Å². The molecule has 0 saturated heterocycles. The number of aromatic nitrogens is 5. The summed E-state index contributed by atoms with van der Waals surface area (Å²) in [4.78, 5) is 6.70. The molecule has 8 heteroatoms. The van der Waals surface area contributed by atoms with Gasteiger partial charge in [0.2, 0.25) is 4.96 Å². The maximum absolute atomic E-state index is 6.38. The average Bonchev–Trinajstić information content (AvgIpc) is 3.51. The molecule has 5 nitrogen and oxygen atoms in total. The van der Waals surface area contributed by atoms with Crippen LogP contribution in [-0.2, 0) is 0 Å². The highest BCUT2D eigenvalue weighted by molar-refractivity contribution is 7.20. The molecule has 0 aliphatic heterocycles. The maximum atomic E-state index is 6.38. The van der Waals surface area contributed by atoms with Crippen LogP contribution in [0.1, 0.15) is 0 Å². The molecule has 6 aromatic rings. The Labute approximate surface area is 184 Å². The fourth-order valence-electron chi connectivity index (χ4n) is 3.44. The first-order valence-corrected chi connectivity index (χ1v) is 11.3. The Morgan fingerprint density at radius 1 is 0.867 bits per heavy atom. The van der Waals surface area contributed by atoms with Crippen LogP contribution in [0.5, 0.6) is 0 Å². The average molecular weight is 446 g/mol. The number of pyridine rings is 1. The molecule has 0 unspecified atom stereocenters. The van der Waals surface area contributed by atoms with Crippen LogP contribution in [-0.4, -0.2) is 24.8 Å². The Balaban J connectivity index is 1.58. The minimum atomic E-state index is 0.621. The molecule has 0 saturated carbocycles. The lowest BCUT2D eigenvalue weighted by molar-refractivity contribution is 0.971. The quantitative estimate of drug-likeness (QED) is 0.314. The highest BCUT2D eigenvalue weighted by atomic mass is 35.5. The van der Waals surface area contributed by atoms with Crippen molar-refractivity contribution in [3.05, 3.63) is 77.1 Å². The van der Waals surface area contributed by atoms with E-state index in [2.05, 4.69) is 33.8 Å². The lowest BCUT2D eigenvalue weighted by atomic mass is 10.1. The predicted molar refractivity (Wildman–Crippen MR) is 123 cm³/mol. The second kappa shape index (κ2) is 6.98. The maximum Gasteiger partial charge on any atom is 0.235 e. The van der Waals surface area contributed by atoms with Crippen molar-refractivity contribution in [1.82, 2.24) is 24.8 Å². The highest BCUT2D eigenvalue weighted by Crippen LogP contribution is 2.36. The van der Waals surface area contributed by atoms with E-state index in [1.54, 1.807) is 15.9 Å². The van der Waals surface area contributed by atoms with Gasteiger partial charge in [-0.1, -0.05) is 59.3 Å². The van der Waals surface area contributed by atoms with Gasteiger partial charge in [-0.2, -0.15) is 9.61 Å². The SMILES string of the molecule is Clc1ccccc1-c1nnc2sc(-c3cc(-c4cccs4)nc4ccccc34)nn12. The van der Waals surface area contributed by atoms with Crippen molar-refractivity contribution in [2.75, 3.05) is 0 Å². The van der Waals surface area contributed by atoms with E-state index in [9.17, 15) is 0 Å². The molecule has 30 heavy (non-hydrogen) atoms. The summed E-state index contributed by atoms with van der Waals surface area (Å²) in [5.74, 6) is 0.634. The van der Waals surface area contributed by atoms with Gasteiger partial charge >= 0.3 is 0 Å². The first-order valence-electron chi connectivity index (χ1n) is 9.19. The van der Waals surface area contributed by atoms with Crippen LogP contribution in [0.3, 0.4) is 0 Å². The molecule has 4 heterocycles. The van der Waals surface area contributed by atoms with Crippen LogP contribution < -0.4 is 0 Å². The minimum Gasteiger partial charge on any atom is -0.247 e. The van der Waals surface area contributed by atoms with Crippen LogP contribution in [0, 0.1) is 0 Å². The molecule has 6 rings (SSSR count). The lowest BCUT2D eigenvalue weighted by Crippen LogP contribution is -1.93. The molecule has 0 aliphatic carbocycles. The third-order valence-corrected chi connectivity index (χ3v) is 6.98. The molecule has 0 radical (unpaired) electrons. The molecule has 2 aromatic carbocycles. The molecular weight excluding hydrogens is 434 g/mol.